The smallest absolute Gasteiger partial charge is 0.231 e. The number of ketones is 1. The van der Waals surface area contributed by atoms with E-state index in [2.05, 4.69) is 30.5 Å². The molecular formula is C22H22N2O3. The number of benzene rings is 2. The molecule has 5 nitrogen and oxygen atoms in total. The lowest BCUT2D eigenvalue weighted by molar-refractivity contribution is -0.118. The van der Waals surface area contributed by atoms with Gasteiger partial charge in [0.2, 0.25) is 6.79 Å². The molecule has 138 valence electrons. The normalized spacial score (nSPS) is 22.3. The third-order valence-corrected chi connectivity index (χ3v) is 5.47. The van der Waals surface area contributed by atoms with Crippen LogP contribution >= 0.6 is 0 Å². The Kier molecular flexibility index (Phi) is 3.47. The van der Waals surface area contributed by atoms with Crippen molar-refractivity contribution < 1.29 is 14.3 Å². The van der Waals surface area contributed by atoms with Crippen molar-refractivity contribution in [2.75, 3.05) is 17.4 Å². The molecule has 1 unspecified atom stereocenters. The van der Waals surface area contributed by atoms with E-state index in [0.29, 0.717) is 6.42 Å². The van der Waals surface area contributed by atoms with Gasteiger partial charge in [0.25, 0.3) is 0 Å². The van der Waals surface area contributed by atoms with E-state index in [1.54, 1.807) is 0 Å². The van der Waals surface area contributed by atoms with Crippen LogP contribution in [0.15, 0.2) is 53.7 Å². The van der Waals surface area contributed by atoms with Crippen LogP contribution < -0.4 is 20.1 Å². The molecule has 2 aliphatic heterocycles. The standard InChI is InChI=1S/C22H22N2O3/c1-22(2)10-14-20(13-7-8-18-19(9-13)27-12-26-18)23-15-5-3-4-6-16(15)24-21(14)17(25)11-22/h3-9,20,23-24H,10-12H2,1-2H3. The highest BCUT2D eigenvalue weighted by molar-refractivity contribution is 6.02. The first-order chi connectivity index (χ1) is 13.0. The minimum absolute atomic E-state index is 0.0651. The summed E-state index contributed by atoms with van der Waals surface area (Å²) >= 11 is 0. The van der Waals surface area contributed by atoms with Gasteiger partial charge in [-0.3, -0.25) is 4.79 Å². The van der Waals surface area contributed by atoms with Crippen LogP contribution in [0.2, 0.25) is 0 Å². The molecule has 0 spiro atoms. The molecular weight excluding hydrogens is 340 g/mol. The molecule has 0 fully saturated rings. The molecule has 0 amide bonds. The second-order valence-electron chi connectivity index (χ2n) is 8.20. The molecule has 5 heteroatoms. The van der Waals surface area contributed by atoms with Crippen molar-refractivity contribution in [3.63, 3.8) is 0 Å². The van der Waals surface area contributed by atoms with Gasteiger partial charge in [-0.05, 0) is 47.2 Å². The van der Waals surface area contributed by atoms with E-state index < -0.39 is 0 Å². The van der Waals surface area contributed by atoms with Crippen LogP contribution in [0, 0.1) is 5.41 Å². The number of anilines is 2. The summed E-state index contributed by atoms with van der Waals surface area (Å²) in [6.45, 7) is 4.56. The van der Waals surface area contributed by atoms with Gasteiger partial charge >= 0.3 is 0 Å². The van der Waals surface area contributed by atoms with Gasteiger partial charge in [0.15, 0.2) is 17.3 Å². The highest BCUT2D eigenvalue weighted by atomic mass is 16.7. The van der Waals surface area contributed by atoms with Crippen molar-refractivity contribution in [2.45, 2.75) is 32.7 Å². The van der Waals surface area contributed by atoms with Crippen molar-refractivity contribution in [3.05, 3.63) is 59.3 Å². The molecule has 2 N–H and O–H groups in total. The Bertz CT molecular complexity index is 977. The van der Waals surface area contributed by atoms with Gasteiger partial charge in [0, 0.05) is 6.42 Å². The molecule has 5 rings (SSSR count). The fourth-order valence-electron chi connectivity index (χ4n) is 4.24. The van der Waals surface area contributed by atoms with E-state index in [0.717, 1.165) is 46.1 Å². The largest absolute Gasteiger partial charge is 0.454 e. The second-order valence-corrected chi connectivity index (χ2v) is 8.20. The summed E-state index contributed by atoms with van der Waals surface area (Å²) in [7, 11) is 0. The zero-order valence-corrected chi connectivity index (χ0v) is 15.5. The molecule has 0 radical (unpaired) electrons. The van der Waals surface area contributed by atoms with Crippen LogP contribution in [-0.2, 0) is 4.79 Å². The van der Waals surface area contributed by atoms with Crippen molar-refractivity contribution in [1.82, 2.24) is 0 Å². The van der Waals surface area contributed by atoms with Gasteiger partial charge < -0.3 is 20.1 Å². The average Bonchev–Trinajstić information content (AvgIpc) is 3.03. The average molecular weight is 362 g/mol. The van der Waals surface area contributed by atoms with Crippen LogP contribution in [0.3, 0.4) is 0 Å². The predicted octanol–water partition coefficient (Wildman–Crippen LogP) is 4.64. The van der Waals surface area contributed by atoms with E-state index in [9.17, 15) is 4.79 Å². The number of para-hydroxylation sites is 2. The van der Waals surface area contributed by atoms with Crippen LogP contribution in [0.5, 0.6) is 11.5 Å². The van der Waals surface area contributed by atoms with Crippen LogP contribution in [0.25, 0.3) is 0 Å². The third kappa shape index (κ3) is 2.74. The molecule has 1 aliphatic carbocycles. The Morgan fingerprint density at radius 1 is 1.00 bits per heavy atom. The second kappa shape index (κ2) is 5.78. The minimum Gasteiger partial charge on any atom is -0.454 e. The van der Waals surface area contributed by atoms with E-state index in [1.807, 2.05) is 36.4 Å². The zero-order valence-electron chi connectivity index (χ0n) is 15.5. The molecule has 2 aromatic rings. The maximum Gasteiger partial charge on any atom is 0.231 e. The number of hydrogen-bond donors (Lipinski definition) is 2. The highest BCUT2D eigenvalue weighted by Gasteiger charge is 2.38. The number of ether oxygens (including phenoxy) is 2. The topological polar surface area (TPSA) is 59.6 Å². The lowest BCUT2D eigenvalue weighted by Gasteiger charge is -2.35. The van der Waals surface area contributed by atoms with E-state index in [1.165, 1.54) is 0 Å². The van der Waals surface area contributed by atoms with E-state index in [4.69, 9.17) is 9.47 Å². The predicted molar refractivity (Wildman–Crippen MR) is 104 cm³/mol. The minimum atomic E-state index is -0.103. The molecule has 0 aromatic heterocycles. The van der Waals surface area contributed by atoms with Crippen LogP contribution in [0.1, 0.15) is 38.3 Å². The first-order valence-electron chi connectivity index (χ1n) is 9.29. The number of nitrogens with one attached hydrogen (secondary N) is 2. The molecule has 2 aromatic carbocycles. The Balaban J connectivity index is 1.67. The lowest BCUT2D eigenvalue weighted by Crippen LogP contribution is -2.31. The van der Waals surface area contributed by atoms with Crippen molar-refractivity contribution >= 4 is 17.2 Å². The van der Waals surface area contributed by atoms with Crippen LogP contribution in [0.4, 0.5) is 11.4 Å². The van der Waals surface area contributed by atoms with Crippen molar-refractivity contribution in [3.8, 4) is 11.5 Å². The molecule has 2 heterocycles. The SMILES string of the molecule is CC1(C)CC(=O)C2=C(C1)C(c1ccc3c(c1)OCO3)Nc1ccccc1N2. The molecule has 1 atom stereocenters. The number of hydrogen-bond acceptors (Lipinski definition) is 5. The number of fused-ring (bicyclic) bond motifs is 2. The molecule has 0 bridgehead atoms. The maximum absolute atomic E-state index is 13.0. The Morgan fingerprint density at radius 2 is 1.78 bits per heavy atom. The Morgan fingerprint density at radius 3 is 2.63 bits per heavy atom. The first-order valence-corrected chi connectivity index (χ1v) is 9.29. The summed E-state index contributed by atoms with van der Waals surface area (Å²) in [4.78, 5) is 13.0. The lowest BCUT2D eigenvalue weighted by atomic mass is 9.73. The Labute approximate surface area is 158 Å². The summed E-state index contributed by atoms with van der Waals surface area (Å²) < 4.78 is 11.0. The number of allylic oxidation sites excluding steroid dienone is 1. The number of rotatable bonds is 1. The van der Waals surface area contributed by atoms with Crippen molar-refractivity contribution in [2.24, 2.45) is 5.41 Å². The fraction of sp³-hybridized carbons (Fsp3) is 0.318. The van der Waals surface area contributed by atoms with Gasteiger partial charge in [-0.15, -0.1) is 0 Å². The first kappa shape index (κ1) is 16.2. The highest BCUT2D eigenvalue weighted by Crippen LogP contribution is 2.47. The van der Waals surface area contributed by atoms with Gasteiger partial charge in [-0.1, -0.05) is 32.0 Å². The maximum atomic E-state index is 13.0. The zero-order chi connectivity index (χ0) is 18.6. The van der Waals surface area contributed by atoms with E-state index in [-0.39, 0.29) is 24.0 Å². The van der Waals surface area contributed by atoms with E-state index >= 15 is 0 Å². The molecule has 27 heavy (non-hydrogen) atoms. The summed E-state index contributed by atoms with van der Waals surface area (Å²) in [5.41, 5.74) is 4.75. The summed E-state index contributed by atoms with van der Waals surface area (Å²) in [6.07, 6.45) is 1.40. The van der Waals surface area contributed by atoms with Gasteiger partial charge in [-0.2, -0.15) is 0 Å². The number of carbonyl (C=O) groups excluding carboxylic acids is 1. The summed E-state index contributed by atoms with van der Waals surface area (Å²) in [6, 6.07) is 13.9. The van der Waals surface area contributed by atoms with Crippen LogP contribution in [-0.4, -0.2) is 12.6 Å². The van der Waals surface area contributed by atoms with Gasteiger partial charge in [-0.25, -0.2) is 0 Å². The van der Waals surface area contributed by atoms with Gasteiger partial charge in [0.05, 0.1) is 23.1 Å². The number of Topliss-reactive ketones (excluding diaryl/α,β-unsaturated/α-hetero) is 1. The number of carbonyl (C=O) groups is 1. The third-order valence-electron chi connectivity index (χ3n) is 5.47. The molecule has 3 aliphatic rings. The summed E-state index contributed by atoms with van der Waals surface area (Å²) in [5.74, 6) is 1.69. The summed E-state index contributed by atoms with van der Waals surface area (Å²) in [5, 5.41) is 7.07. The quantitative estimate of drug-likeness (QED) is 0.774. The Hall–Kier alpha value is -2.95. The van der Waals surface area contributed by atoms with Crippen molar-refractivity contribution in [1.29, 1.82) is 0 Å². The fourth-order valence-corrected chi connectivity index (χ4v) is 4.24. The molecule has 0 saturated heterocycles. The molecule has 0 saturated carbocycles. The van der Waals surface area contributed by atoms with Gasteiger partial charge in [0.1, 0.15) is 0 Å². The monoisotopic (exact) mass is 362 g/mol.